The Hall–Kier alpha value is -3.07. The predicted molar refractivity (Wildman–Crippen MR) is 199 cm³/mol. The molecule has 0 saturated heterocycles. The van der Waals surface area contributed by atoms with Crippen LogP contribution >= 0.6 is 11.8 Å². The molecule has 4 atom stereocenters. The lowest BCUT2D eigenvalue weighted by Crippen LogP contribution is -2.53. The molecule has 2 aliphatic rings. The molecule has 1 aromatic heterocycles. The van der Waals surface area contributed by atoms with Crippen LogP contribution in [0.3, 0.4) is 0 Å². The third-order valence-corrected chi connectivity index (χ3v) is 11.2. The Morgan fingerprint density at radius 3 is 2.50 bits per heavy atom. The van der Waals surface area contributed by atoms with Gasteiger partial charge in [-0.05, 0) is 116 Å². The number of benzene rings is 2. The highest BCUT2D eigenvalue weighted by molar-refractivity contribution is 7.99. The number of aliphatic hydroxyl groups excluding tert-OH is 6. The number of hydrogen-bond donors (Lipinski definition) is 6. The van der Waals surface area contributed by atoms with Gasteiger partial charge in [-0.25, -0.2) is 0 Å². The third-order valence-electron chi connectivity index (χ3n) is 10.1. The van der Waals surface area contributed by atoms with E-state index in [1.165, 1.54) is 32.0 Å². The molecule has 2 fully saturated rings. The van der Waals surface area contributed by atoms with Crippen molar-refractivity contribution in [2.45, 2.75) is 99.1 Å². The summed E-state index contributed by atoms with van der Waals surface area (Å²) in [5.74, 6) is 0.942. The lowest BCUT2D eigenvalue weighted by atomic mass is 9.85. The molecular formula is C40H54N2O9S. The monoisotopic (exact) mass is 738 g/mol. The number of rotatable bonds is 23. The van der Waals surface area contributed by atoms with Crippen LogP contribution in [0.4, 0.5) is 0 Å². The number of aromatic nitrogens is 1. The Bertz CT molecular complexity index is 1580. The van der Waals surface area contributed by atoms with Crippen molar-refractivity contribution in [1.29, 1.82) is 0 Å². The molecule has 0 unspecified atom stereocenters. The fraction of sp³-hybridized carbons (Fsp3) is 0.550. The number of nitrogens with zero attached hydrogens (tertiary/aromatic N) is 2. The van der Waals surface area contributed by atoms with Crippen LogP contribution in [0.15, 0.2) is 65.8 Å². The highest BCUT2D eigenvalue weighted by Gasteiger charge is 2.45. The zero-order chi connectivity index (χ0) is 37.1. The second-order valence-electron chi connectivity index (χ2n) is 14.0. The van der Waals surface area contributed by atoms with E-state index in [-0.39, 0.29) is 38.3 Å². The molecule has 2 aromatic carbocycles. The second kappa shape index (κ2) is 19.3. The van der Waals surface area contributed by atoms with Crippen molar-refractivity contribution in [1.82, 2.24) is 9.88 Å². The molecular weight excluding hydrogens is 685 g/mol. The number of hydrogen-bond acceptors (Lipinski definition) is 11. The second-order valence-corrected chi connectivity index (χ2v) is 15.2. The summed E-state index contributed by atoms with van der Waals surface area (Å²) in [5.41, 5.74) is 6.36. The summed E-state index contributed by atoms with van der Waals surface area (Å²) >= 11 is 1.75. The molecule has 52 heavy (non-hydrogen) atoms. The maximum absolute atomic E-state index is 13.0. The van der Waals surface area contributed by atoms with Crippen molar-refractivity contribution < 1.29 is 44.9 Å². The molecule has 2 saturated carbocycles. The van der Waals surface area contributed by atoms with Crippen LogP contribution in [0, 0.1) is 6.92 Å². The number of aryl methyl sites for hydroxylation is 2. The molecule has 12 heteroatoms. The first kappa shape index (κ1) is 40.1. The molecule has 0 bridgehead atoms. The number of unbranched alkanes of at least 4 members (excludes halogenated alkanes) is 1. The highest BCUT2D eigenvalue weighted by Crippen LogP contribution is 2.55. The molecule has 0 spiro atoms. The summed E-state index contributed by atoms with van der Waals surface area (Å²) in [6.07, 6.45) is 4.58. The molecule has 5 rings (SSSR count). The van der Waals surface area contributed by atoms with E-state index in [1.807, 2.05) is 12.3 Å². The standard InChI is InChI=1S/C40H54N2O9S/c1-27-8-11-30(52-23-5-4-18-42(19-21-50-22-20-43)39(49)38(48)37(47)36(46)34(45)26-44)24-28(27)12-14-40(15-16-40)33-25-41-17-13-31(33)32-6-2-3-7-35(32)51-29-9-10-29/h2-3,6-8,11,13,17,24-25,29,34,36-38,43-48H,4-5,9-10,12,14-16,18-23,26H2,1H3/t34-,36+,37-,38-/m0/s1. The van der Waals surface area contributed by atoms with Crippen LogP contribution in [0.1, 0.15) is 61.6 Å². The van der Waals surface area contributed by atoms with E-state index in [1.54, 1.807) is 11.8 Å². The Morgan fingerprint density at radius 2 is 1.77 bits per heavy atom. The van der Waals surface area contributed by atoms with E-state index in [0.29, 0.717) is 12.5 Å². The summed E-state index contributed by atoms with van der Waals surface area (Å²) in [5, 5.41) is 58.4. The molecule has 284 valence electrons. The maximum Gasteiger partial charge on any atom is 0.254 e. The quantitative estimate of drug-likeness (QED) is 0.0622. The van der Waals surface area contributed by atoms with E-state index in [4.69, 9.17) is 19.7 Å². The molecule has 1 heterocycles. The van der Waals surface area contributed by atoms with Gasteiger partial charge in [-0.1, -0.05) is 24.3 Å². The largest absolute Gasteiger partial charge is 0.490 e. The summed E-state index contributed by atoms with van der Waals surface area (Å²) in [7, 11) is 0. The average Bonchev–Trinajstić information content (AvgIpc) is 4.12. The van der Waals surface area contributed by atoms with E-state index < -0.39 is 36.9 Å². The van der Waals surface area contributed by atoms with Crippen LogP contribution < -0.4 is 4.74 Å². The minimum absolute atomic E-state index is 0.0959. The van der Waals surface area contributed by atoms with Gasteiger partial charge in [0.25, 0.3) is 5.91 Å². The lowest BCUT2D eigenvalue weighted by Gasteiger charge is -2.30. The smallest absolute Gasteiger partial charge is 0.254 e. The van der Waals surface area contributed by atoms with Crippen LogP contribution in [0.25, 0.3) is 11.1 Å². The van der Waals surface area contributed by atoms with Gasteiger partial charge in [0.15, 0.2) is 6.10 Å². The van der Waals surface area contributed by atoms with Crippen molar-refractivity contribution >= 4 is 17.7 Å². The number of carbonyl (C=O) groups excluding carboxylic acids is 1. The van der Waals surface area contributed by atoms with Crippen molar-refractivity contribution in [3.8, 4) is 16.9 Å². The zero-order valence-corrected chi connectivity index (χ0v) is 30.8. The topological polar surface area (TPSA) is 173 Å². The van der Waals surface area contributed by atoms with E-state index in [2.05, 4.69) is 60.6 Å². The SMILES string of the molecule is Cc1ccc(SCCCCN(CCOCCO)C(=O)[C@@H](O)[C@@H](O)[C@H](O)[C@@H](O)CO)cc1CCC1(c2cnccc2-c2ccccc2OC2CC2)CC1. The Kier molecular flexibility index (Phi) is 14.9. The van der Waals surface area contributed by atoms with Gasteiger partial charge in [0.05, 0.1) is 32.5 Å². The van der Waals surface area contributed by atoms with Crippen molar-refractivity contribution in [3.05, 3.63) is 77.6 Å². The average molecular weight is 739 g/mol. The summed E-state index contributed by atoms with van der Waals surface area (Å²) < 4.78 is 11.6. The summed E-state index contributed by atoms with van der Waals surface area (Å²) in [6, 6.07) is 17.1. The van der Waals surface area contributed by atoms with Crippen LogP contribution in [0.5, 0.6) is 5.75 Å². The third kappa shape index (κ3) is 10.8. The molecule has 1 amide bonds. The molecule has 2 aliphatic carbocycles. The van der Waals surface area contributed by atoms with Crippen LogP contribution in [-0.4, -0.2) is 122 Å². The van der Waals surface area contributed by atoms with Gasteiger partial charge >= 0.3 is 0 Å². The first-order chi connectivity index (χ1) is 25.2. The fourth-order valence-electron chi connectivity index (χ4n) is 6.52. The van der Waals surface area contributed by atoms with Gasteiger partial charge in [0, 0.05) is 35.9 Å². The van der Waals surface area contributed by atoms with E-state index in [0.717, 1.165) is 62.0 Å². The highest BCUT2D eigenvalue weighted by atomic mass is 32.2. The molecule has 0 radical (unpaired) electrons. The summed E-state index contributed by atoms with van der Waals surface area (Å²) in [4.78, 5) is 20.1. The van der Waals surface area contributed by atoms with Gasteiger partial charge in [0.1, 0.15) is 24.1 Å². The van der Waals surface area contributed by atoms with Gasteiger partial charge in [-0.2, -0.15) is 0 Å². The Morgan fingerprint density at radius 1 is 0.981 bits per heavy atom. The molecule has 0 aliphatic heterocycles. The number of pyridine rings is 1. The Balaban J connectivity index is 1.15. The van der Waals surface area contributed by atoms with E-state index >= 15 is 0 Å². The van der Waals surface area contributed by atoms with Crippen LogP contribution in [-0.2, 0) is 21.4 Å². The first-order valence-corrected chi connectivity index (χ1v) is 19.4. The van der Waals surface area contributed by atoms with Crippen molar-refractivity contribution in [2.75, 3.05) is 45.3 Å². The van der Waals surface area contributed by atoms with Crippen molar-refractivity contribution in [2.24, 2.45) is 0 Å². The van der Waals surface area contributed by atoms with Crippen LogP contribution in [0.2, 0.25) is 0 Å². The van der Waals surface area contributed by atoms with Gasteiger partial charge in [-0.3, -0.25) is 9.78 Å². The number of para-hydroxylation sites is 1. The van der Waals surface area contributed by atoms with Gasteiger partial charge < -0.3 is 45.0 Å². The van der Waals surface area contributed by atoms with Gasteiger partial charge in [-0.15, -0.1) is 11.8 Å². The number of thioether (sulfide) groups is 1. The summed E-state index contributed by atoms with van der Waals surface area (Å²) in [6.45, 7) is 1.75. The normalized spacial score (nSPS) is 17.3. The van der Waals surface area contributed by atoms with E-state index in [9.17, 15) is 25.2 Å². The number of carbonyl (C=O) groups is 1. The first-order valence-electron chi connectivity index (χ1n) is 18.4. The number of ether oxygens (including phenoxy) is 2. The maximum atomic E-state index is 13.0. The minimum Gasteiger partial charge on any atom is -0.490 e. The lowest BCUT2D eigenvalue weighted by molar-refractivity contribution is -0.159. The predicted octanol–water partition coefficient (Wildman–Crippen LogP) is 3.41. The fourth-order valence-corrected chi connectivity index (χ4v) is 7.49. The minimum atomic E-state index is -1.99. The molecule has 6 N–H and O–H groups in total. The number of amides is 1. The zero-order valence-electron chi connectivity index (χ0n) is 30.0. The number of aliphatic hydroxyl groups is 6. The van der Waals surface area contributed by atoms with Crippen molar-refractivity contribution in [3.63, 3.8) is 0 Å². The Labute approximate surface area is 310 Å². The molecule has 3 aromatic rings. The van der Waals surface area contributed by atoms with Gasteiger partial charge in [0.2, 0.25) is 0 Å². The molecule has 11 nitrogen and oxygen atoms in total.